The Bertz CT molecular complexity index is 1210. The fourth-order valence-electron chi connectivity index (χ4n) is 4.57. The minimum atomic E-state index is -0.431. The first-order valence-corrected chi connectivity index (χ1v) is 11.2. The van der Waals surface area contributed by atoms with Crippen molar-refractivity contribution in [2.75, 3.05) is 20.8 Å². The lowest BCUT2D eigenvalue weighted by molar-refractivity contribution is -0.141. The summed E-state index contributed by atoms with van der Waals surface area (Å²) >= 11 is 0. The zero-order valence-corrected chi connectivity index (χ0v) is 19.0. The van der Waals surface area contributed by atoms with Crippen molar-refractivity contribution in [1.82, 2.24) is 0 Å². The molecule has 7 heteroatoms. The molecule has 5 rings (SSSR count). The molecule has 0 bridgehead atoms. The van der Waals surface area contributed by atoms with E-state index in [0.717, 1.165) is 16.9 Å². The number of carbonyl (C=O) groups excluding carboxylic acids is 1. The Kier molecular flexibility index (Phi) is 6.01. The first kappa shape index (κ1) is 22.1. The van der Waals surface area contributed by atoms with Crippen LogP contribution in [0.2, 0.25) is 0 Å². The molecule has 0 saturated carbocycles. The summed E-state index contributed by atoms with van der Waals surface area (Å²) in [6.07, 6.45) is 1.12. The number of rotatable bonds is 7. The van der Waals surface area contributed by atoms with Crippen molar-refractivity contribution in [3.8, 4) is 28.7 Å². The predicted octanol–water partition coefficient (Wildman–Crippen LogP) is 5.73. The molecule has 2 aliphatic rings. The van der Waals surface area contributed by atoms with Gasteiger partial charge in [0, 0.05) is 28.7 Å². The highest BCUT2D eigenvalue weighted by Gasteiger charge is 2.32. The van der Waals surface area contributed by atoms with E-state index < -0.39 is 6.10 Å². The second kappa shape index (κ2) is 9.25. The molecule has 0 aromatic heterocycles. The minimum Gasteiger partial charge on any atom is -0.497 e. The van der Waals surface area contributed by atoms with Crippen LogP contribution in [0.4, 0.5) is 4.39 Å². The maximum absolute atomic E-state index is 14.9. The number of fused-ring (bicyclic) bond motifs is 2. The van der Waals surface area contributed by atoms with Gasteiger partial charge in [-0.2, -0.15) is 0 Å². The normalized spacial score (nSPS) is 18.0. The van der Waals surface area contributed by atoms with E-state index in [1.807, 2.05) is 36.4 Å². The van der Waals surface area contributed by atoms with Crippen LogP contribution in [0.1, 0.15) is 41.6 Å². The molecular weight excluding hydrogens is 439 g/mol. The average Bonchev–Trinajstić information content (AvgIpc) is 3.46. The van der Waals surface area contributed by atoms with Crippen LogP contribution >= 0.6 is 0 Å². The molecule has 6 nitrogen and oxygen atoms in total. The summed E-state index contributed by atoms with van der Waals surface area (Å²) in [5.41, 5.74) is 2.29. The molecule has 1 unspecified atom stereocenters. The van der Waals surface area contributed by atoms with Crippen molar-refractivity contribution in [2.45, 2.75) is 31.3 Å². The maximum Gasteiger partial charge on any atom is 0.306 e. The number of methoxy groups -OCH3 is 2. The fraction of sp³-hybridized carbons (Fsp3) is 0.296. The third kappa shape index (κ3) is 4.25. The molecule has 2 atom stereocenters. The van der Waals surface area contributed by atoms with Gasteiger partial charge in [0.25, 0.3) is 0 Å². The number of hydrogen-bond acceptors (Lipinski definition) is 6. The van der Waals surface area contributed by atoms with E-state index in [9.17, 15) is 9.18 Å². The molecule has 176 valence electrons. The number of esters is 1. The van der Waals surface area contributed by atoms with Gasteiger partial charge in [0.1, 0.15) is 40.7 Å². The van der Waals surface area contributed by atoms with Crippen molar-refractivity contribution in [3.63, 3.8) is 0 Å². The van der Waals surface area contributed by atoms with E-state index in [-0.39, 0.29) is 24.1 Å². The number of ether oxygens (including phenoxy) is 5. The molecule has 0 saturated heterocycles. The van der Waals surface area contributed by atoms with E-state index >= 15 is 0 Å². The topological polar surface area (TPSA) is 63.2 Å². The van der Waals surface area contributed by atoms with E-state index in [4.69, 9.17) is 23.7 Å². The molecule has 1 heterocycles. The lowest BCUT2D eigenvalue weighted by Gasteiger charge is -2.17. The van der Waals surface area contributed by atoms with Crippen LogP contribution in [-0.2, 0) is 16.0 Å². The molecule has 1 aliphatic carbocycles. The lowest BCUT2D eigenvalue weighted by Crippen LogP contribution is -2.09. The molecule has 3 aromatic carbocycles. The SMILES string of the molecule is COC(=O)CC1COc2cc(O[C@@H]3CCc4c(Oc5ccc(OC)cc5)ccc(F)c43)ccc21. The van der Waals surface area contributed by atoms with E-state index in [1.54, 1.807) is 19.2 Å². The first-order chi connectivity index (χ1) is 16.6. The quantitative estimate of drug-likeness (QED) is 0.416. The van der Waals surface area contributed by atoms with Gasteiger partial charge < -0.3 is 23.7 Å². The maximum atomic E-state index is 14.9. The smallest absolute Gasteiger partial charge is 0.306 e. The third-order valence-electron chi connectivity index (χ3n) is 6.31. The van der Waals surface area contributed by atoms with Crippen LogP contribution < -0.4 is 18.9 Å². The zero-order chi connectivity index (χ0) is 23.7. The van der Waals surface area contributed by atoms with Crippen molar-refractivity contribution < 1.29 is 32.9 Å². The van der Waals surface area contributed by atoms with Gasteiger partial charge in [-0.25, -0.2) is 4.39 Å². The third-order valence-corrected chi connectivity index (χ3v) is 6.31. The van der Waals surface area contributed by atoms with Gasteiger partial charge in [-0.3, -0.25) is 4.79 Å². The van der Waals surface area contributed by atoms with Crippen LogP contribution in [-0.4, -0.2) is 26.8 Å². The van der Waals surface area contributed by atoms with Crippen LogP contribution in [0, 0.1) is 5.82 Å². The summed E-state index contributed by atoms with van der Waals surface area (Å²) in [6, 6.07) is 15.9. The highest BCUT2D eigenvalue weighted by molar-refractivity contribution is 5.71. The van der Waals surface area contributed by atoms with E-state index in [1.165, 1.54) is 13.2 Å². The second-order valence-corrected chi connectivity index (χ2v) is 8.35. The number of hydrogen-bond donors (Lipinski definition) is 0. The summed E-state index contributed by atoms with van der Waals surface area (Å²) in [6.45, 7) is 0.417. The van der Waals surface area contributed by atoms with Crippen molar-refractivity contribution >= 4 is 5.97 Å². The lowest BCUT2D eigenvalue weighted by atomic mass is 9.98. The number of benzene rings is 3. The predicted molar refractivity (Wildman–Crippen MR) is 122 cm³/mol. The van der Waals surface area contributed by atoms with Gasteiger partial charge in [-0.1, -0.05) is 6.07 Å². The van der Waals surface area contributed by atoms with Gasteiger partial charge in [0.15, 0.2) is 0 Å². The van der Waals surface area contributed by atoms with Gasteiger partial charge in [-0.05, 0) is 55.3 Å². The van der Waals surface area contributed by atoms with Crippen molar-refractivity contribution in [2.24, 2.45) is 0 Å². The van der Waals surface area contributed by atoms with Crippen molar-refractivity contribution in [1.29, 1.82) is 0 Å². The summed E-state index contributed by atoms with van der Waals surface area (Å²) in [5, 5.41) is 0. The standard InChI is InChI=1S/C27H25FO6/c1-30-17-3-5-18(6-4-17)33-23-12-10-22(28)27-21(23)9-11-24(27)34-19-7-8-20-16(13-26(29)31-2)15-32-25(20)14-19/h3-8,10,12,14,16,24H,9,11,13,15H2,1-2H3/t16?,24-/m1/s1. The van der Waals surface area contributed by atoms with Crippen molar-refractivity contribution in [3.05, 3.63) is 77.1 Å². The van der Waals surface area contributed by atoms with Crippen LogP contribution in [0.25, 0.3) is 0 Å². The summed E-state index contributed by atoms with van der Waals surface area (Å²) in [7, 11) is 2.98. The molecule has 0 N–H and O–H groups in total. The largest absolute Gasteiger partial charge is 0.497 e. The fourth-order valence-corrected chi connectivity index (χ4v) is 4.57. The van der Waals surface area contributed by atoms with Gasteiger partial charge in [0.05, 0.1) is 27.2 Å². The van der Waals surface area contributed by atoms with Crippen LogP contribution in [0.5, 0.6) is 28.7 Å². The summed E-state index contributed by atoms with van der Waals surface area (Å²) in [4.78, 5) is 11.6. The number of carbonyl (C=O) groups is 1. The van der Waals surface area contributed by atoms with Gasteiger partial charge in [0.2, 0.25) is 0 Å². The van der Waals surface area contributed by atoms with E-state index in [2.05, 4.69) is 0 Å². The second-order valence-electron chi connectivity index (χ2n) is 8.35. The zero-order valence-electron chi connectivity index (χ0n) is 19.0. The highest BCUT2D eigenvalue weighted by atomic mass is 19.1. The monoisotopic (exact) mass is 464 g/mol. The Morgan fingerprint density at radius 3 is 2.56 bits per heavy atom. The molecule has 0 spiro atoms. The molecule has 0 amide bonds. The molecule has 3 aromatic rings. The molecule has 0 fully saturated rings. The highest BCUT2D eigenvalue weighted by Crippen LogP contribution is 2.44. The average molecular weight is 464 g/mol. The Morgan fingerprint density at radius 2 is 1.79 bits per heavy atom. The first-order valence-electron chi connectivity index (χ1n) is 11.2. The Hall–Kier alpha value is -3.74. The molecular formula is C27H25FO6. The Labute approximate surface area is 197 Å². The molecule has 34 heavy (non-hydrogen) atoms. The van der Waals surface area contributed by atoms with Gasteiger partial charge >= 0.3 is 5.97 Å². The summed E-state index contributed by atoms with van der Waals surface area (Å²) < 4.78 is 42.8. The van der Waals surface area contributed by atoms with Crippen LogP contribution in [0.3, 0.4) is 0 Å². The molecule has 0 radical (unpaired) electrons. The Morgan fingerprint density at radius 1 is 1.03 bits per heavy atom. The van der Waals surface area contributed by atoms with E-state index in [0.29, 0.717) is 48.0 Å². The van der Waals surface area contributed by atoms with Crippen LogP contribution in [0.15, 0.2) is 54.6 Å². The minimum absolute atomic E-state index is 0.0428. The summed E-state index contributed by atoms with van der Waals surface area (Å²) in [5.74, 6) is 2.66. The van der Waals surface area contributed by atoms with Gasteiger partial charge in [-0.15, -0.1) is 0 Å². The Balaban J connectivity index is 1.34. The number of halogens is 1. The molecule has 1 aliphatic heterocycles.